The van der Waals surface area contributed by atoms with E-state index in [0.29, 0.717) is 10.7 Å². The third kappa shape index (κ3) is 3.56. The lowest BCUT2D eigenvalue weighted by Gasteiger charge is -2.30. The number of nitrogens with zero attached hydrogens (tertiary/aromatic N) is 3. The minimum atomic E-state index is 0.142. The van der Waals surface area contributed by atoms with Crippen molar-refractivity contribution >= 4 is 21.7 Å². The van der Waals surface area contributed by atoms with Crippen LogP contribution in [0.2, 0.25) is 0 Å². The van der Waals surface area contributed by atoms with Gasteiger partial charge in [-0.15, -0.1) is 0 Å². The van der Waals surface area contributed by atoms with E-state index in [1.807, 2.05) is 19.9 Å². The normalized spacial score (nSPS) is 20.7. The van der Waals surface area contributed by atoms with Gasteiger partial charge in [0.1, 0.15) is 12.1 Å². The molecule has 0 aromatic carbocycles. The van der Waals surface area contributed by atoms with Crippen molar-refractivity contribution in [3.63, 3.8) is 0 Å². The lowest BCUT2D eigenvalue weighted by molar-refractivity contribution is 0.232. The first-order valence-corrected chi connectivity index (χ1v) is 6.94. The summed E-state index contributed by atoms with van der Waals surface area (Å²) in [5.41, 5.74) is 0. The Kier molecular flexibility index (Phi) is 4.20. The monoisotopic (exact) mass is 299 g/mol. The molecule has 0 radical (unpaired) electrons. The van der Waals surface area contributed by atoms with Crippen molar-refractivity contribution in [2.24, 2.45) is 0 Å². The number of hydrogen-bond acceptors (Lipinski definition) is 4. The molecule has 1 unspecified atom stereocenters. The summed E-state index contributed by atoms with van der Waals surface area (Å²) in [4.78, 5) is 11.3. The quantitative estimate of drug-likeness (QED) is 0.804. The Morgan fingerprint density at radius 3 is 3.00 bits per heavy atom. The second-order valence-corrected chi connectivity index (χ2v) is 5.86. The van der Waals surface area contributed by atoms with Gasteiger partial charge in [0.25, 0.3) is 0 Å². The summed E-state index contributed by atoms with van der Waals surface area (Å²) >= 11 is 3.67. The highest BCUT2D eigenvalue weighted by molar-refractivity contribution is 9.09. The topological polar surface area (TPSA) is 38.2 Å². The van der Waals surface area contributed by atoms with Crippen LogP contribution in [-0.4, -0.2) is 34.0 Å². The lowest BCUT2D eigenvalue weighted by Crippen LogP contribution is -2.36. The summed E-state index contributed by atoms with van der Waals surface area (Å²) in [5, 5.41) is 0. The van der Waals surface area contributed by atoms with E-state index in [9.17, 15) is 0 Å². The largest absolute Gasteiger partial charge is 0.475 e. The van der Waals surface area contributed by atoms with Crippen molar-refractivity contribution in [1.29, 1.82) is 0 Å². The van der Waals surface area contributed by atoms with Crippen molar-refractivity contribution in [3.8, 4) is 5.88 Å². The first kappa shape index (κ1) is 12.6. The van der Waals surface area contributed by atoms with Crippen molar-refractivity contribution in [3.05, 3.63) is 12.4 Å². The summed E-state index contributed by atoms with van der Waals surface area (Å²) in [6.07, 6.45) is 4.14. The highest BCUT2D eigenvalue weighted by atomic mass is 79.9. The summed E-state index contributed by atoms with van der Waals surface area (Å²) in [5.74, 6) is 1.61. The molecular formula is C12H18BrN3O. The SMILES string of the molecule is CC(C)Oc1cc(N2CCCC(Br)C2)ncn1. The van der Waals surface area contributed by atoms with Crippen LogP contribution < -0.4 is 9.64 Å². The lowest BCUT2D eigenvalue weighted by atomic mass is 10.1. The molecule has 1 aromatic heterocycles. The van der Waals surface area contributed by atoms with Crippen LogP contribution in [0.25, 0.3) is 0 Å². The van der Waals surface area contributed by atoms with E-state index in [2.05, 4.69) is 30.8 Å². The van der Waals surface area contributed by atoms with Gasteiger partial charge in [-0.25, -0.2) is 9.97 Å². The number of aromatic nitrogens is 2. The fraction of sp³-hybridized carbons (Fsp3) is 0.667. The predicted molar refractivity (Wildman–Crippen MR) is 72.0 cm³/mol. The zero-order valence-corrected chi connectivity index (χ0v) is 11.9. The van der Waals surface area contributed by atoms with Crippen LogP contribution in [0.4, 0.5) is 5.82 Å². The van der Waals surface area contributed by atoms with Gasteiger partial charge in [0, 0.05) is 24.0 Å². The number of hydrogen-bond donors (Lipinski definition) is 0. The summed E-state index contributed by atoms with van der Waals surface area (Å²) in [6.45, 7) is 6.05. The number of anilines is 1. The van der Waals surface area contributed by atoms with Crippen LogP contribution in [0.3, 0.4) is 0 Å². The van der Waals surface area contributed by atoms with E-state index < -0.39 is 0 Å². The van der Waals surface area contributed by atoms with Gasteiger partial charge in [-0.3, -0.25) is 0 Å². The summed E-state index contributed by atoms with van der Waals surface area (Å²) < 4.78 is 5.58. The molecule has 1 fully saturated rings. The Morgan fingerprint density at radius 2 is 2.29 bits per heavy atom. The van der Waals surface area contributed by atoms with Gasteiger partial charge in [0.15, 0.2) is 0 Å². The molecule has 1 atom stereocenters. The molecule has 0 spiro atoms. The van der Waals surface area contributed by atoms with Gasteiger partial charge < -0.3 is 9.64 Å². The maximum atomic E-state index is 5.58. The molecule has 1 aliphatic rings. The molecular weight excluding hydrogens is 282 g/mol. The molecule has 1 aromatic rings. The van der Waals surface area contributed by atoms with Crippen LogP contribution in [0.15, 0.2) is 12.4 Å². The minimum absolute atomic E-state index is 0.142. The first-order chi connectivity index (χ1) is 8.15. The Bertz CT molecular complexity index is 373. The smallest absolute Gasteiger partial charge is 0.218 e. The van der Waals surface area contributed by atoms with Crippen LogP contribution in [-0.2, 0) is 0 Å². The van der Waals surface area contributed by atoms with E-state index in [0.717, 1.165) is 18.9 Å². The van der Waals surface area contributed by atoms with E-state index in [4.69, 9.17) is 4.74 Å². The molecule has 17 heavy (non-hydrogen) atoms. The maximum Gasteiger partial charge on any atom is 0.218 e. The van der Waals surface area contributed by atoms with Gasteiger partial charge in [-0.1, -0.05) is 15.9 Å². The predicted octanol–water partition coefficient (Wildman–Crippen LogP) is 2.63. The van der Waals surface area contributed by atoms with Crippen molar-refractivity contribution < 1.29 is 4.74 Å². The number of halogens is 1. The van der Waals surface area contributed by atoms with Crippen LogP contribution >= 0.6 is 15.9 Å². The Labute approximate surface area is 111 Å². The van der Waals surface area contributed by atoms with Gasteiger partial charge in [-0.2, -0.15) is 0 Å². The van der Waals surface area contributed by atoms with E-state index in [1.165, 1.54) is 12.8 Å². The van der Waals surface area contributed by atoms with Gasteiger partial charge >= 0.3 is 0 Å². The minimum Gasteiger partial charge on any atom is -0.475 e. The third-order valence-electron chi connectivity index (χ3n) is 2.67. The molecule has 2 heterocycles. The molecule has 1 saturated heterocycles. The molecule has 94 valence electrons. The van der Waals surface area contributed by atoms with E-state index in [-0.39, 0.29) is 6.10 Å². The number of alkyl halides is 1. The first-order valence-electron chi connectivity index (χ1n) is 6.03. The van der Waals surface area contributed by atoms with E-state index in [1.54, 1.807) is 6.33 Å². The Balaban J connectivity index is 2.09. The van der Waals surface area contributed by atoms with Gasteiger partial charge in [-0.05, 0) is 26.7 Å². The van der Waals surface area contributed by atoms with Crippen molar-refractivity contribution in [2.45, 2.75) is 37.6 Å². The van der Waals surface area contributed by atoms with Crippen LogP contribution in [0, 0.1) is 0 Å². The average molecular weight is 300 g/mol. The molecule has 0 N–H and O–H groups in total. The number of piperidine rings is 1. The second kappa shape index (κ2) is 5.67. The van der Waals surface area contributed by atoms with Crippen LogP contribution in [0.1, 0.15) is 26.7 Å². The number of rotatable bonds is 3. The van der Waals surface area contributed by atoms with Crippen molar-refractivity contribution in [1.82, 2.24) is 9.97 Å². The fourth-order valence-electron chi connectivity index (χ4n) is 1.94. The summed E-state index contributed by atoms with van der Waals surface area (Å²) in [7, 11) is 0. The van der Waals surface area contributed by atoms with E-state index >= 15 is 0 Å². The Hall–Kier alpha value is -0.840. The standard InChI is InChI=1S/C12H18BrN3O/c1-9(2)17-12-6-11(14-8-15-12)16-5-3-4-10(13)7-16/h6,8-10H,3-5,7H2,1-2H3. The second-order valence-electron chi connectivity index (χ2n) is 4.57. The zero-order chi connectivity index (χ0) is 12.3. The molecule has 0 saturated carbocycles. The average Bonchev–Trinajstić information content (AvgIpc) is 2.28. The molecule has 0 aliphatic carbocycles. The van der Waals surface area contributed by atoms with Crippen molar-refractivity contribution in [2.75, 3.05) is 18.0 Å². The van der Waals surface area contributed by atoms with Gasteiger partial charge in [0.2, 0.25) is 5.88 Å². The van der Waals surface area contributed by atoms with Crippen LogP contribution in [0.5, 0.6) is 5.88 Å². The molecule has 0 bridgehead atoms. The third-order valence-corrected chi connectivity index (χ3v) is 3.42. The molecule has 0 amide bonds. The maximum absolute atomic E-state index is 5.58. The fourth-order valence-corrected chi connectivity index (χ4v) is 2.62. The summed E-state index contributed by atoms with van der Waals surface area (Å²) in [6, 6.07) is 1.92. The van der Waals surface area contributed by atoms with Gasteiger partial charge in [0.05, 0.1) is 6.10 Å². The molecule has 2 rings (SSSR count). The molecule has 4 nitrogen and oxygen atoms in total. The number of ether oxygens (including phenoxy) is 1. The highest BCUT2D eigenvalue weighted by Gasteiger charge is 2.19. The molecule has 5 heteroatoms. The highest BCUT2D eigenvalue weighted by Crippen LogP contribution is 2.23. The zero-order valence-electron chi connectivity index (χ0n) is 10.3. The molecule has 1 aliphatic heterocycles. The Morgan fingerprint density at radius 1 is 1.47 bits per heavy atom.